The molecule has 0 aliphatic rings. The molecule has 0 aromatic carbocycles. The number of rotatable bonds is 5. The number of carbonyl (C=O) groups excluding carboxylic acids is 1. The highest BCUT2D eigenvalue weighted by atomic mass is 16.4. The molecule has 0 saturated carbocycles. The fourth-order valence-electron chi connectivity index (χ4n) is 1.74. The Morgan fingerprint density at radius 1 is 1.50 bits per heavy atom. The maximum atomic E-state index is 12.2. The van der Waals surface area contributed by atoms with Crippen LogP contribution in [-0.2, 0) is 4.79 Å². The van der Waals surface area contributed by atoms with Gasteiger partial charge in [-0.25, -0.2) is 0 Å². The van der Waals surface area contributed by atoms with Crippen LogP contribution in [0.15, 0.2) is 18.5 Å². The number of aromatic nitrogens is 1. The molecule has 1 unspecified atom stereocenters. The average molecular weight is 252 g/mol. The van der Waals surface area contributed by atoms with Gasteiger partial charge in [0, 0.05) is 18.8 Å². The molecule has 18 heavy (non-hydrogen) atoms. The summed E-state index contributed by atoms with van der Waals surface area (Å²) in [4.78, 5) is 27.9. The number of pyridine rings is 1. The number of aromatic hydroxyl groups is 1. The van der Waals surface area contributed by atoms with Gasteiger partial charge in [-0.05, 0) is 19.9 Å². The van der Waals surface area contributed by atoms with Gasteiger partial charge in [-0.3, -0.25) is 14.6 Å². The molecule has 0 fully saturated rings. The Kier molecular flexibility index (Phi) is 4.65. The smallest absolute Gasteiger partial charge is 0.305 e. The highest BCUT2D eigenvalue weighted by Crippen LogP contribution is 2.18. The molecule has 0 aliphatic carbocycles. The van der Waals surface area contributed by atoms with Crippen molar-refractivity contribution in [2.24, 2.45) is 0 Å². The van der Waals surface area contributed by atoms with Gasteiger partial charge in [0.1, 0.15) is 5.75 Å². The van der Waals surface area contributed by atoms with Gasteiger partial charge >= 0.3 is 5.97 Å². The Bertz CT molecular complexity index is 447. The Morgan fingerprint density at radius 2 is 2.17 bits per heavy atom. The average Bonchev–Trinajstić information content (AvgIpc) is 2.29. The summed E-state index contributed by atoms with van der Waals surface area (Å²) in [5.41, 5.74) is 0.129. The lowest BCUT2D eigenvalue weighted by molar-refractivity contribution is -0.138. The number of aliphatic carboxylic acids is 1. The van der Waals surface area contributed by atoms with Gasteiger partial charge in [-0.15, -0.1) is 0 Å². The predicted octanol–water partition coefficient (Wildman–Crippen LogP) is 1.11. The Morgan fingerprint density at radius 3 is 2.67 bits per heavy atom. The van der Waals surface area contributed by atoms with Crippen LogP contribution in [0, 0.1) is 0 Å². The summed E-state index contributed by atoms with van der Waals surface area (Å²) in [5, 5.41) is 18.3. The molecule has 6 heteroatoms. The zero-order valence-corrected chi connectivity index (χ0v) is 10.3. The van der Waals surface area contributed by atoms with E-state index in [2.05, 4.69) is 4.98 Å². The predicted molar refractivity (Wildman–Crippen MR) is 64.3 cm³/mol. The van der Waals surface area contributed by atoms with Crippen LogP contribution in [0.4, 0.5) is 0 Å². The number of carboxylic acid groups (broad SMARTS) is 1. The first-order chi connectivity index (χ1) is 8.47. The van der Waals surface area contributed by atoms with Gasteiger partial charge in [-0.1, -0.05) is 0 Å². The first-order valence-electron chi connectivity index (χ1n) is 5.63. The second kappa shape index (κ2) is 6.00. The van der Waals surface area contributed by atoms with Crippen molar-refractivity contribution in [3.05, 3.63) is 24.0 Å². The van der Waals surface area contributed by atoms with Crippen LogP contribution in [-0.4, -0.2) is 44.6 Å². The van der Waals surface area contributed by atoms with E-state index in [-0.39, 0.29) is 17.7 Å². The maximum absolute atomic E-state index is 12.2. The van der Waals surface area contributed by atoms with Crippen molar-refractivity contribution in [3.63, 3.8) is 0 Å². The Hall–Kier alpha value is -2.11. The summed E-state index contributed by atoms with van der Waals surface area (Å²) < 4.78 is 0. The van der Waals surface area contributed by atoms with Gasteiger partial charge in [0.15, 0.2) is 0 Å². The summed E-state index contributed by atoms with van der Waals surface area (Å²) in [6, 6.07) is 0.973. The quantitative estimate of drug-likeness (QED) is 0.819. The highest BCUT2D eigenvalue weighted by molar-refractivity contribution is 5.97. The minimum Gasteiger partial charge on any atom is -0.505 e. The summed E-state index contributed by atoms with van der Waals surface area (Å²) in [7, 11) is 0. The molecule has 1 amide bonds. The zero-order chi connectivity index (χ0) is 13.7. The molecular weight excluding hydrogens is 236 g/mol. The van der Waals surface area contributed by atoms with Crippen LogP contribution in [0.5, 0.6) is 5.75 Å². The number of carboxylic acids is 1. The molecule has 1 rings (SSSR count). The number of carbonyl (C=O) groups is 2. The topological polar surface area (TPSA) is 90.7 Å². The third-order valence-electron chi connectivity index (χ3n) is 2.63. The van der Waals surface area contributed by atoms with Crippen molar-refractivity contribution < 1.29 is 19.8 Å². The van der Waals surface area contributed by atoms with E-state index in [4.69, 9.17) is 5.11 Å². The summed E-state index contributed by atoms with van der Waals surface area (Å²) >= 11 is 0. The van der Waals surface area contributed by atoms with Gasteiger partial charge in [0.05, 0.1) is 18.2 Å². The molecule has 98 valence electrons. The third kappa shape index (κ3) is 3.19. The van der Waals surface area contributed by atoms with Crippen LogP contribution in [0.25, 0.3) is 0 Å². The molecule has 1 atom stereocenters. The second-order valence-corrected chi connectivity index (χ2v) is 3.93. The van der Waals surface area contributed by atoms with Crippen molar-refractivity contribution in [2.75, 3.05) is 6.54 Å². The van der Waals surface area contributed by atoms with Crippen LogP contribution in [0.1, 0.15) is 30.6 Å². The second-order valence-electron chi connectivity index (χ2n) is 3.93. The molecule has 0 spiro atoms. The van der Waals surface area contributed by atoms with E-state index in [1.807, 2.05) is 0 Å². The molecule has 0 aliphatic heterocycles. The van der Waals surface area contributed by atoms with Crippen molar-refractivity contribution in [1.29, 1.82) is 0 Å². The van der Waals surface area contributed by atoms with Gasteiger partial charge in [0.2, 0.25) is 0 Å². The van der Waals surface area contributed by atoms with Crippen molar-refractivity contribution in [1.82, 2.24) is 9.88 Å². The Balaban J connectivity index is 2.92. The standard InChI is InChI=1S/C12H16N2O4/c1-3-14(8(2)6-11(16)17)12(18)9-4-5-13-7-10(9)15/h4-5,7-8,15H,3,6H2,1-2H3,(H,16,17). The molecule has 0 bridgehead atoms. The van der Waals surface area contributed by atoms with E-state index >= 15 is 0 Å². The number of nitrogens with zero attached hydrogens (tertiary/aromatic N) is 2. The summed E-state index contributed by atoms with van der Waals surface area (Å²) in [6.07, 6.45) is 2.46. The van der Waals surface area contributed by atoms with Crippen LogP contribution in [0.2, 0.25) is 0 Å². The van der Waals surface area contributed by atoms with Gasteiger partial charge in [0.25, 0.3) is 5.91 Å². The molecule has 1 aromatic rings. The van der Waals surface area contributed by atoms with Crippen LogP contribution in [0.3, 0.4) is 0 Å². The normalized spacial score (nSPS) is 11.9. The van der Waals surface area contributed by atoms with E-state index in [9.17, 15) is 14.7 Å². The van der Waals surface area contributed by atoms with Crippen molar-refractivity contribution in [3.8, 4) is 5.75 Å². The minimum atomic E-state index is -0.965. The summed E-state index contributed by atoms with van der Waals surface area (Å²) in [6.45, 7) is 3.79. The van der Waals surface area contributed by atoms with E-state index < -0.39 is 17.9 Å². The third-order valence-corrected chi connectivity index (χ3v) is 2.63. The first kappa shape index (κ1) is 14.0. The van der Waals surface area contributed by atoms with E-state index in [1.165, 1.54) is 23.4 Å². The molecular formula is C12H16N2O4. The van der Waals surface area contributed by atoms with E-state index in [0.717, 1.165) is 0 Å². The van der Waals surface area contributed by atoms with Gasteiger partial charge < -0.3 is 15.1 Å². The number of hydrogen-bond acceptors (Lipinski definition) is 4. The fourth-order valence-corrected chi connectivity index (χ4v) is 1.74. The van der Waals surface area contributed by atoms with Crippen molar-refractivity contribution >= 4 is 11.9 Å². The lowest BCUT2D eigenvalue weighted by Crippen LogP contribution is -2.39. The summed E-state index contributed by atoms with van der Waals surface area (Å²) in [5.74, 6) is -1.57. The van der Waals surface area contributed by atoms with Crippen LogP contribution < -0.4 is 0 Å². The van der Waals surface area contributed by atoms with E-state index in [1.54, 1.807) is 13.8 Å². The number of hydrogen-bond donors (Lipinski definition) is 2. The maximum Gasteiger partial charge on any atom is 0.305 e. The highest BCUT2D eigenvalue weighted by Gasteiger charge is 2.23. The monoisotopic (exact) mass is 252 g/mol. The first-order valence-corrected chi connectivity index (χ1v) is 5.63. The molecule has 1 heterocycles. The molecule has 2 N–H and O–H groups in total. The lowest BCUT2D eigenvalue weighted by Gasteiger charge is -2.27. The molecule has 6 nitrogen and oxygen atoms in total. The van der Waals surface area contributed by atoms with Crippen molar-refractivity contribution in [2.45, 2.75) is 26.3 Å². The van der Waals surface area contributed by atoms with Gasteiger partial charge in [-0.2, -0.15) is 0 Å². The molecule has 1 aromatic heterocycles. The lowest BCUT2D eigenvalue weighted by atomic mass is 10.1. The SMILES string of the molecule is CCN(C(=O)c1ccncc1O)C(C)CC(=O)O. The Labute approximate surface area is 105 Å². The molecule has 0 radical (unpaired) electrons. The zero-order valence-electron chi connectivity index (χ0n) is 10.3. The number of amides is 1. The fraction of sp³-hybridized carbons (Fsp3) is 0.417. The molecule has 0 saturated heterocycles. The van der Waals surface area contributed by atoms with E-state index in [0.29, 0.717) is 6.54 Å². The largest absolute Gasteiger partial charge is 0.505 e. The van der Waals surface area contributed by atoms with Crippen LogP contribution >= 0.6 is 0 Å². The minimum absolute atomic E-state index is 0.129.